The van der Waals surface area contributed by atoms with Gasteiger partial charge in [-0.05, 0) is 31.5 Å². The number of hydrogen-bond donors (Lipinski definition) is 1. The average Bonchev–Trinajstić information content (AvgIpc) is 2.66. The van der Waals surface area contributed by atoms with Gasteiger partial charge in [0, 0.05) is 13.7 Å². The number of rotatable bonds is 4. The van der Waals surface area contributed by atoms with Crippen LogP contribution in [0.5, 0.6) is 0 Å². The second kappa shape index (κ2) is 5.48. The zero-order valence-corrected chi connectivity index (χ0v) is 9.69. The molecule has 1 aromatic rings. The molecule has 0 bridgehead atoms. The van der Waals surface area contributed by atoms with Crippen molar-refractivity contribution in [1.82, 2.24) is 4.90 Å². The number of nitrogens with zero attached hydrogens (tertiary/aromatic N) is 1. The first-order chi connectivity index (χ1) is 7.78. The molecule has 0 saturated carbocycles. The Morgan fingerprint density at radius 1 is 1.50 bits per heavy atom. The maximum atomic E-state index is 9.55. The maximum Gasteiger partial charge on any atom is 0.129 e. The number of ether oxygens (including phenoxy) is 1. The Labute approximate surface area is 95.8 Å². The number of methoxy groups -OCH3 is 1. The number of aliphatic hydroxyl groups excluding tert-OH is 1. The molecule has 0 spiro atoms. The highest BCUT2D eigenvalue weighted by atomic mass is 16.5. The molecule has 0 radical (unpaired) electrons. The Hall–Kier alpha value is -0.840. The monoisotopic (exact) mass is 225 g/mol. The van der Waals surface area contributed by atoms with Crippen LogP contribution in [0, 0.1) is 0 Å². The van der Waals surface area contributed by atoms with E-state index in [1.165, 1.54) is 0 Å². The summed E-state index contributed by atoms with van der Waals surface area (Å²) in [5.41, 5.74) is 0. The van der Waals surface area contributed by atoms with E-state index in [2.05, 4.69) is 4.90 Å². The minimum Gasteiger partial charge on any atom is -0.462 e. The summed E-state index contributed by atoms with van der Waals surface area (Å²) in [6.45, 7) is 3.08. The van der Waals surface area contributed by atoms with Gasteiger partial charge in [-0.3, -0.25) is 4.90 Å². The lowest BCUT2D eigenvalue weighted by Gasteiger charge is -2.29. The van der Waals surface area contributed by atoms with Gasteiger partial charge in [0.1, 0.15) is 18.1 Å². The van der Waals surface area contributed by atoms with E-state index in [9.17, 15) is 5.11 Å². The normalized spacial score (nSPS) is 22.5. The zero-order valence-electron chi connectivity index (χ0n) is 9.69. The Balaban J connectivity index is 1.87. The van der Waals surface area contributed by atoms with E-state index < -0.39 is 0 Å². The van der Waals surface area contributed by atoms with E-state index >= 15 is 0 Å². The van der Waals surface area contributed by atoms with Crippen molar-refractivity contribution < 1.29 is 14.3 Å². The minimum atomic E-state index is -0.179. The van der Waals surface area contributed by atoms with Gasteiger partial charge < -0.3 is 14.3 Å². The van der Waals surface area contributed by atoms with Crippen LogP contribution >= 0.6 is 0 Å². The number of hydrogen-bond acceptors (Lipinski definition) is 4. The fourth-order valence-corrected chi connectivity index (χ4v) is 2.12. The molecule has 1 fully saturated rings. The van der Waals surface area contributed by atoms with Gasteiger partial charge in [0.15, 0.2) is 0 Å². The van der Waals surface area contributed by atoms with E-state index in [0.717, 1.165) is 44.0 Å². The molecular weight excluding hydrogens is 206 g/mol. The van der Waals surface area contributed by atoms with Crippen molar-refractivity contribution in [3.8, 4) is 0 Å². The van der Waals surface area contributed by atoms with Crippen LogP contribution in [0.25, 0.3) is 0 Å². The van der Waals surface area contributed by atoms with E-state index in [0.29, 0.717) is 6.61 Å². The number of furan rings is 1. The minimum absolute atomic E-state index is 0.179. The molecule has 1 atom stereocenters. The van der Waals surface area contributed by atoms with Crippen molar-refractivity contribution in [2.75, 3.05) is 20.2 Å². The average molecular weight is 225 g/mol. The van der Waals surface area contributed by atoms with Crippen LogP contribution in [0.4, 0.5) is 0 Å². The number of aliphatic hydroxyl groups is 1. The van der Waals surface area contributed by atoms with Gasteiger partial charge in [-0.1, -0.05) is 0 Å². The van der Waals surface area contributed by atoms with Crippen molar-refractivity contribution in [3.05, 3.63) is 23.7 Å². The van der Waals surface area contributed by atoms with E-state index in [1.807, 2.05) is 12.1 Å². The molecule has 4 heteroatoms. The summed E-state index contributed by atoms with van der Waals surface area (Å²) in [7, 11) is 1.66. The lowest BCUT2D eigenvalue weighted by atomic mass is 10.1. The lowest BCUT2D eigenvalue weighted by Crippen LogP contribution is -2.37. The van der Waals surface area contributed by atoms with Crippen LogP contribution < -0.4 is 0 Å². The topological polar surface area (TPSA) is 45.8 Å². The fourth-order valence-electron chi connectivity index (χ4n) is 2.12. The van der Waals surface area contributed by atoms with E-state index in [4.69, 9.17) is 9.15 Å². The first-order valence-electron chi connectivity index (χ1n) is 5.75. The van der Waals surface area contributed by atoms with E-state index in [-0.39, 0.29) is 6.10 Å². The molecule has 0 aliphatic carbocycles. The Morgan fingerprint density at radius 2 is 2.31 bits per heavy atom. The third-order valence-corrected chi connectivity index (χ3v) is 2.86. The highest BCUT2D eigenvalue weighted by molar-refractivity contribution is 5.06. The summed E-state index contributed by atoms with van der Waals surface area (Å²) in [6.07, 6.45) is 1.80. The maximum absolute atomic E-state index is 9.55. The molecule has 0 amide bonds. The molecule has 90 valence electrons. The quantitative estimate of drug-likeness (QED) is 0.841. The molecular formula is C12H19NO3. The van der Waals surface area contributed by atoms with Gasteiger partial charge in [0.25, 0.3) is 0 Å². The standard InChI is InChI=1S/C12H19NO3/c1-15-9-12-5-4-11(16-12)8-13-6-2-3-10(14)7-13/h4-5,10,14H,2-3,6-9H2,1H3. The van der Waals surface area contributed by atoms with Gasteiger partial charge in [0.2, 0.25) is 0 Å². The molecule has 1 aliphatic heterocycles. The molecule has 1 aliphatic rings. The molecule has 2 rings (SSSR count). The molecule has 0 aromatic carbocycles. The van der Waals surface area contributed by atoms with Gasteiger partial charge in [-0.25, -0.2) is 0 Å². The summed E-state index contributed by atoms with van der Waals surface area (Å²) in [5, 5.41) is 9.55. The van der Waals surface area contributed by atoms with Gasteiger partial charge in [-0.2, -0.15) is 0 Å². The summed E-state index contributed by atoms with van der Waals surface area (Å²) in [6, 6.07) is 3.93. The van der Waals surface area contributed by atoms with Crippen molar-refractivity contribution in [3.63, 3.8) is 0 Å². The predicted molar refractivity (Wildman–Crippen MR) is 59.9 cm³/mol. The molecule has 1 aromatic heterocycles. The Bertz CT molecular complexity index is 324. The number of β-amino-alcohol motifs (C(OH)–C–C–N with tert-alkyl or cyclic N) is 1. The SMILES string of the molecule is COCc1ccc(CN2CCCC(O)C2)o1. The summed E-state index contributed by atoms with van der Waals surface area (Å²) in [5.74, 6) is 1.80. The van der Waals surface area contributed by atoms with Crippen molar-refractivity contribution in [2.24, 2.45) is 0 Å². The highest BCUT2D eigenvalue weighted by Crippen LogP contribution is 2.15. The zero-order chi connectivity index (χ0) is 11.4. The molecule has 1 unspecified atom stereocenters. The van der Waals surface area contributed by atoms with Crippen molar-refractivity contribution >= 4 is 0 Å². The van der Waals surface area contributed by atoms with Gasteiger partial charge in [0.05, 0.1) is 12.6 Å². The molecule has 1 saturated heterocycles. The van der Waals surface area contributed by atoms with Crippen LogP contribution in [0.15, 0.2) is 16.5 Å². The Morgan fingerprint density at radius 3 is 3.06 bits per heavy atom. The smallest absolute Gasteiger partial charge is 0.129 e. The van der Waals surface area contributed by atoms with Gasteiger partial charge in [-0.15, -0.1) is 0 Å². The molecule has 2 heterocycles. The summed E-state index contributed by atoms with van der Waals surface area (Å²) in [4.78, 5) is 2.23. The highest BCUT2D eigenvalue weighted by Gasteiger charge is 2.18. The third kappa shape index (κ3) is 3.07. The first kappa shape index (κ1) is 11.6. The lowest BCUT2D eigenvalue weighted by molar-refractivity contribution is 0.0625. The second-order valence-corrected chi connectivity index (χ2v) is 4.33. The molecule has 4 nitrogen and oxygen atoms in total. The van der Waals surface area contributed by atoms with Crippen LogP contribution in [0.2, 0.25) is 0 Å². The summed E-state index contributed by atoms with van der Waals surface area (Å²) < 4.78 is 10.6. The number of piperidine rings is 1. The fraction of sp³-hybridized carbons (Fsp3) is 0.667. The van der Waals surface area contributed by atoms with Crippen LogP contribution in [0.3, 0.4) is 0 Å². The van der Waals surface area contributed by atoms with Crippen LogP contribution in [-0.4, -0.2) is 36.3 Å². The predicted octanol–water partition coefficient (Wildman–Crippen LogP) is 1.38. The van der Waals surface area contributed by atoms with E-state index in [1.54, 1.807) is 7.11 Å². The summed E-state index contributed by atoms with van der Waals surface area (Å²) >= 11 is 0. The van der Waals surface area contributed by atoms with Crippen molar-refractivity contribution in [1.29, 1.82) is 0 Å². The van der Waals surface area contributed by atoms with Crippen LogP contribution in [-0.2, 0) is 17.9 Å². The molecule has 16 heavy (non-hydrogen) atoms. The van der Waals surface area contributed by atoms with Crippen LogP contribution in [0.1, 0.15) is 24.4 Å². The second-order valence-electron chi connectivity index (χ2n) is 4.33. The number of likely N-dealkylation sites (tertiary alicyclic amines) is 1. The molecule has 1 N–H and O–H groups in total. The van der Waals surface area contributed by atoms with Gasteiger partial charge >= 0.3 is 0 Å². The third-order valence-electron chi connectivity index (χ3n) is 2.86. The Kier molecular flexibility index (Phi) is 3.98. The first-order valence-corrected chi connectivity index (χ1v) is 5.75. The largest absolute Gasteiger partial charge is 0.462 e. The van der Waals surface area contributed by atoms with Crippen molar-refractivity contribution in [2.45, 2.75) is 32.1 Å².